The summed E-state index contributed by atoms with van der Waals surface area (Å²) in [6.07, 6.45) is 4.60. The highest BCUT2D eigenvalue weighted by Crippen LogP contribution is 2.35. The van der Waals surface area contributed by atoms with E-state index in [0.717, 1.165) is 23.4 Å². The molecule has 90 valence electrons. The lowest BCUT2D eigenvalue weighted by molar-refractivity contribution is 0.531. The molecule has 3 rings (SSSR count). The molecule has 1 saturated heterocycles. The molecule has 0 saturated carbocycles. The van der Waals surface area contributed by atoms with Crippen LogP contribution in [0, 0.1) is 0 Å². The van der Waals surface area contributed by atoms with Gasteiger partial charge in [-0.15, -0.1) is 11.8 Å². The van der Waals surface area contributed by atoms with Crippen molar-refractivity contribution in [1.29, 1.82) is 0 Å². The summed E-state index contributed by atoms with van der Waals surface area (Å²) in [7, 11) is 0. The predicted octanol–water partition coefficient (Wildman–Crippen LogP) is 3.67. The van der Waals surface area contributed by atoms with Gasteiger partial charge >= 0.3 is 0 Å². The van der Waals surface area contributed by atoms with Gasteiger partial charge in [-0.05, 0) is 44.1 Å². The number of hydrogen-bond donors (Lipinski definition) is 2. The molecule has 0 bridgehead atoms. The third-order valence-corrected chi connectivity index (χ3v) is 4.82. The minimum Gasteiger partial charge on any atom is -0.360 e. The fourth-order valence-electron chi connectivity index (χ4n) is 2.26. The number of benzene rings is 1. The lowest BCUT2D eigenvalue weighted by Crippen LogP contribution is -2.29. The lowest BCUT2D eigenvalue weighted by Gasteiger charge is -2.21. The smallest absolute Gasteiger partial charge is 0.0466 e. The fraction of sp³-hybridized carbons (Fsp3) is 0.385. The number of rotatable bonds is 2. The van der Waals surface area contributed by atoms with Gasteiger partial charge < -0.3 is 10.3 Å². The lowest BCUT2D eigenvalue weighted by atomic mass is 10.2. The minimum atomic E-state index is 0.731. The van der Waals surface area contributed by atoms with Gasteiger partial charge in [0.2, 0.25) is 0 Å². The molecule has 1 aromatic carbocycles. The number of H-pyrrole nitrogens is 1. The highest BCUT2D eigenvalue weighted by molar-refractivity contribution is 8.00. The summed E-state index contributed by atoms with van der Waals surface area (Å²) in [6.45, 7) is 2.28. The van der Waals surface area contributed by atoms with Gasteiger partial charge in [0.25, 0.3) is 0 Å². The molecule has 4 heteroatoms. The minimum absolute atomic E-state index is 0.731. The molecule has 0 unspecified atom stereocenters. The van der Waals surface area contributed by atoms with E-state index in [2.05, 4.69) is 22.6 Å². The summed E-state index contributed by atoms with van der Waals surface area (Å²) in [6, 6.07) is 6.03. The molecule has 0 aliphatic carbocycles. The quantitative estimate of drug-likeness (QED) is 0.868. The Balaban J connectivity index is 1.86. The van der Waals surface area contributed by atoms with E-state index in [1.54, 1.807) is 0 Å². The number of halogens is 1. The number of hydrogen-bond acceptors (Lipinski definition) is 2. The topological polar surface area (TPSA) is 27.8 Å². The zero-order chi connectivity index (χ0) is 11.7. The molecule has 0 atom stereocenters. The Morgan fingerprint density at radius 3 is 2.88 bits per heavy atom. The predicted molar refractivity (Wildman–Crippen MR) is 75.1 cm³/mol. The van der Waals surface area contributed by atoms with E-state index in [1.807, 2.05) is 23.9 Å². The van der Waals surface area contributed by atoms with Crippen molar-refractivity contribution >= 4 is 34.3 Å². The highest BCUT2D eigenvalue weighted by atomic mass is 35.5. The second kappa shape index (κ2) is 4.92. The summed E-state index contributed by atoms with van der Waals surface area (Å²) in [5.74, 6) is 0. The Kier molecular flexibility index (Phi) is 3.32. The molecule has 1 aliphatic heterocycles. The van der Waals surface area contributed by atoms with Crippen LogP contribution in [0.25, 0.3) is 10.9 Å². The van der Waals surface area contributed by atoms with E-state index in [0.29, 0.717) is 0 Å². The second-order valence-electron chi connectivity index (χ2n) is 4.41. The maximum Gasteiger partial charge on any atom is 0.0466 e. The molecule has 1 aromatic heterocycles. The first kappa shape index (κ1) is 11.5. The summed E-state index contributed by atoms with van der Waals surface area (Å²) < 4.78 is 0. The van der Waals surface area contributed by atoms with Gasteiger partial charge in [-0.1, -0.05) is 11.6 Å². The molecular formula is C13H15ClN2S. The van der Waals surface area contributed by atoms with Crippen LogP contribution in [0.2, 0.25) is 5.02 Å². The van der Waals surface area contributed by atoms with E-state index in [9.17, 15) is 0 Å². The van der Waals surface area contributed by atoms with Crippen LogP contribution in [0.4, 0.5) is 0 Å². The number of nitrogens with one attached hydrogen (secondary N) is 2. The van der Waals surface area contributed by atoms with Crippen LogP contribution < -0.4 is 5.32 Å². The average Bonchev–Trinajstić information content (AvgIpc) is 2.73. The molecule has 2 aromatic rings. The van der Waals surface area contributed by atoms with Crippen molar-refractivity contribution in [3.63, 3.8) is 0 Å². The normalized spacial score (nSPS) is 17.7. The molecule has 1 aliphatic rings. The van der Waals surface area contributed by atoms with Crippen LogP contribution in [-0.4, -0.2) is 23.3 Å². The average molecular weight is 267 g/mol. The van der Waals surface area contributed by atoms with Gasteiger partial charge in [-0.3, -0.25) is 0 Å². The Morgan fingerprint density at radius 2 is 2.06 bits per heavy atom. The van der Waals surface area contributed by atoms with Crippen molar-refractivity contribution in [3.8, 4) is 0 Å². The number of fused-ring (bicyclic) bond motifs is 1. The highest BCUT2D eigenvalue weighted by Gasteiger charge is 2.16. The zero-order valence-electron chi connectivity index (χ0n) is 9.50. The van der Waals surface area contributed by atoms with Gasteiger partial charge in [0.05, 0.1) is 0 Å². The van der Waals surface area contributed by atoms with Crippen molar-refractivity contribution in [3.05, 3.63) is 29.4 Å². The van der Waals surface area contributed by atoms with Gasteiger partial charge in [0.1, 0.15) is 0 Å². The standard InChI is InChI=1S/C13H15ClN2S/c14-9-1-2-12-11(7-9)13(8-16-12)17-10-3-5-15-6-4-10/h1-2,7-8,10,15-16H,3-6H2. The molecular weight excluding hydrogens is 252 g/mol. The number of piperidine rings is 1. The van der Waals surface area contributed by atoms with Gasteiger partial charge in [-0.2, -0.15) is 0 Å². The molecule has 17 heavy (non-hydrogen) atoms. The monoisotopic (exact) mass is 266 g/mol. The third-order valence-electron chi connectivity index (χ3n) is 3.19. The molecule has 2 heterocycles. The first-order chi connectivity index (χ1) is 8.33. The maximum absolute atomic E-state index is 6.06. The van der Waals surface area contributed by atoms with Gasteiger partial charge in [0.15, 0.2) is 0 Å². The second-order valence-corrected chi connectivity index (χ2v) is 6.19. The molecule has 2 N–H and O–H groups in total. The number of aromatic nitrogens is 1. The van der Waals surface area contributed by atoms with E-state index in [-0.39, 0.29) is 0 Å². The molecule has 2 nitrogen and oxygen atoms in total. The molecule has 0 radical (unpaired) electrons. The zero-order valence-corrected chi connectivity index (χ0v) is 11.1. The van der Waals surface area contributed by atoms with Gasteiger partial charge in [0, 0.05) is 32.3 Å². The maximum atomic E-state index is 6.06. The number of aromatic amines is 1. The van der Waals surface area contributed by atoms with E-state index in [1.165, 1.54) is 28.6 Å². The van der Waals surface area contributed by atoms with Crippen LogP contribution in [0.1, 0.15) is 12.8 Å². The Morgan fingerprint density at radius 1 is 1.24 bits per heavy atom. The SMILES string of the molecule is Clc1ccc2[nH]cc(SC3CCNCC3)c2c1. The summed E-state index contributed by atoms with van der Waals surface area (Å²) in [4.78, 5) is 4.64. The Hall–Kier alpha value is -0.640. The summed E-state index contributed by atoms with van der Waals surface area (Å²) >= 11 is 8.04. The van der Waals surface area contributed by atoms with Crippen LogP contribution >= 0.6 is 23.4 Å². The summed E-state index contributed by atoms with van der Waals surface area (Å²) in [5.41, 5.74) is 1.17. The van der Waals surface area contributed by atoms with E-state index >= 15 is 0 Å². The van der Waals surface area contributed by atoms with E-state index in [4.69, 9.17) is 11.6 Å². The van der Waals surface area contributed by atoms with Crippen LogP contribution in [-0.2, 0) is 0 Å². The molecule has 0 amide bonds. The van der Waals surface area contributed by atoms with Crippen LogP contribution in [0.3, 0.4) is 0 Å². The first-order valence-electron chi connectivity index (χ1n) is 5.97. The first-order valence-corrected chi connectivity index (χ1v) is 7.23. The molecule has 1 fully saturated rings. The fourth-order valence-corrected chi connectivity index (χ4v) is 3.68. The van der Waals surface area contributed by atoms with Crippen molar-refractivity contribution in [1.82, 2.24) is 10.3 Å². The Bertz CT molecular complexity index is 517. The third kappa shape index (κ3) is 2.46. The number of thioether (sulfide) groups is 1. The van der Waals surface area contributed by atoms with Gasteiger partial charge in [-0.25, -0.2) is 0 Å². The van der Waals surface area contributed by atoms with E-state index < -0.39 is 0 Å². The Labute approximate surface area is 110 Å². The van der Waals surface area contributed by atoms with Crippen molar-refractivity contribution < 1.29 is 0 Å². The van der Waals surface area contributed by atoms with Crippen molar-refractivity contribution in [2.45, 2.75) is 23.0 Å². The van der Waals surface area contributed by atoms with Crippen molar-refractivity contribution in [2.75, 3.05) is 13.1 Å². The van der Waals surface area contributed by atoms with Crippen LogP contribution in [0.15, 0.2) is 29.3 Å². The molecule has 0 spiro atoms. The largest absolute Gasteiger partial charge is 0.360 e. The summed E-state index contributed by atoms with van der Waals surface area (Å²) in [5, 5.41) is 6.19. The van der Waals surface area contributed by atoms with Crippen molar-refractivity contribution in [2.24, 2.45) is 0 Å². The van der Waals surface area contributed by atoms with Crippen LogP contribution in [0.5, 0.6) is 0 Å².